The van der Waals surface area contributed by atoms with E-state index in [2.05, 4.69) is 30.4 Å². The fourth-order valence-electron chi connectivity index (χ4n) is 7.92. The number of amides is 2. The molecule has 3 fully saturated rings. The molecule has 0 radical (unpaired) electrons. The molecule has 5 unspecified atom stereocenters. The second-order valence-electron chi connectivity index (χ2n) is 11.5. The summed E-state index contributed by atoms with van der Waals surface area (Å²) in [4.78, 5) is 24.9. The molecule has 1 N–H and O–H groups in total. The van der Waals surface area contributed by atoms with E-state index in [1.807, 2.05) is 0 Å². The standard InChI is InChI=1S/C29H42N2O3/c1-29-16-15-23-22-10-8-21(34-2)19-20(22)7-9-24(23)25(29)11-12-26(29)30-17-5-3-4-6-18-31-27(32)13-14-28(31)33/h8,10,19,23-26,30H,3-7,9,11-18H2,1-2H3. The van der Waals surface area contributed by atoms with Crippen molar-refractivity contribution in [3.05, 3.63) is 29.3 Å². The van der Waals surface area contributed by atoms with E-state index >= 15 is 0 Å². The highest BCUT2D eigenvalue weighted by molar-refractivity contribution is 6.01. The molecular formula is C29H42N2O3. The van der Waals surface area contributed by atoms with Crippen LogP contribution in [0, 0.1) is 17.3 Å². The normalized spacial score (nSPS) is 32.5. The molecule has 34 heavy (non-hydrogen) atoms. The molecule has 0 bridgehead atoms. The van der Waals surface area contributed by atoms with Crippen molar-refractivity contribution in [3.8, 4) is 5.75 Å². The first-order valence-corrected chi connectivity index (χ1v) is 13.7. The molecule has 5 heteroatoms. The van der Waals surface area contributed by atoms with Crippen LogP contribution in [0.25, 0.3) is 0 Å². The predicted octanol–water partition coefficient (Wildman–Crippen LogP) is 5.22. The Balaban J connectivity index is 1.08. The summed E-state index contributed by atoms with van der Waals surface area (Å²) in [5.74, 6) is 3.46. The summed E-state index contributed by atoms with van der Waals surface area (Å²) in [6.45, 7) is 4.28. The summed E-state index contributed by atoms with van der Waals surface area (Å²) in [7, 11) is 1.77. The van der Waals surface area contributed by atoms with Crippen molar-refractivity contribution >= 4 is 11.8 Å². The first kappa shape index (κ1) is 23.8. The number of benzene rings is 1. The molecular weight excluding hydrogens is 424 g/mol. The van der Waals surface area contributed by atoms with Crippen LogP contribution in [0.2, 0.25) is 0 Å². The van der Waals surface area contributed by atoms with E-state index in [0.29, 0.717) is 30.8 Å². The van der Waals surface area contributed by atoms with Gasteiger partial charge in [-0.1, -0.05) is 25.8 Å². The lowest BCUT2D eigenvalue weighted by molar-refractivity contribution is -0.138. The molecule has 0 spiro atoms. The highest BCUT2D eigenvalue weighted by atomic mass is 16.5. The number of aryl methyl sites for hydroxylation is 1. The zero-order valence-electron chi connectivity index (χ0n) is 21.1. The molecule has 4 aliphatic rings. The zero-order valence-corrected chi connectivity index (χ0v) is 21.1. The fraction of sp³-hybridized carbons (Fsp3) is 0.724. The molecule has 3 aliphatic carbocycles. The highest BCUT2D eigenvalue weighted by Gasteiger charge is 2.54. The molecule has 5 atom stereocenters. The number of hydrogen-bond donors (Lipinski definition) is 1. The summed E-state index contributed by atoms with van der Waals surface area (Å²) in [5.41, 5.74) is 3.56. The van der Waals surface area contributed by atoms with Crippen LogP contribution in [0.1, 0.15) is 94.6 Å². The van der Waals surface area contributed by atoms with Gasteiger partial charge in [-0.3, -0.25) is 14.5 Å². The van der Waals surface area contributed by atoms with E-state index in [1.54, 1.807) is 12.7 Å². The number of imide groups is 1. The lowest BCUT2D eigenvalue weighted by Crippen LogP contribution is -2.48. The lowest BCUT2D eigenvalue weighted by atomic mass is 9.55. The van der Waals surface area contributed by atoms with Crippen LogP contribution in [-0.2, 0) is 16.0 Å². The number of fused-ring (bicyclic) bond motifs is 5. The molecule has 2 saturated carbocycles. The number of rotatable bonds is 9. The van der Waals surface area contributed by atoms with Crippen LogP contribution in [0.3, 0.4) is 0 Å². The van der Waals surface area contributed by atoms with Crippen LogP contribution in [-0.4, -0.2) is 43.0 Å². The maximum Gasteiger partial charge on any atom is 0.229 e. The molecule has 5 nitrogen and oxygen atoms in total. The highest BCUT2D eigenvalue weighted by Crippen LogP contribution is 2.61. The quantitative estimate of drug-likeness (QED) is 0.400. The molecule has 2 amide bonds. The number of nitrogens with zero attached hydrogens (tertiary/aromatic N) is 1. The summed E-state index contributed by atoms with van der Waals surface area (Å²) >= 11 is 0. The minimum atomic E-state index is 0.0200. The van der Waals surface area contributed by atoms with Crippen LogP contribution in [0.15, 0.2) is 18.2 Å². The van der Waals surface area contributed by atoms with Crippen LogP contribution >= 0.6 is 0 Å². The number of carbonyl (C=O) groups is 2. The molecule has 1 aromatic carbocycles. The van der Waals surface area contributed by atoms with E-state index in [0.717, 1.165) is 42.9 Å². The van der Waals surface area contributed by atoms with Crippen molar-refractivity contribution in [2.24, 2.45) is 17.3 Å². The molecule has 5 rings (SSSR count). The van der Waals surface area contributed by atoms with Crippen LogP contribution in [0.5, 0.6) is 5.75 Å². The average Bonchev–Trinajstić information content (AvgIpc) is 3.36. The smallest absolute Gasteiger partial charge is 0.229 e. The number of methoxy groups -OCH3 is 1. The van der Waals surface area contributed by atoms with Gasteiger partial charge in [0.15, 0.2) is 0 Å². The van der Waals surface area contributed by atoms with Gasteiger partial charge < -0.3 is 10.1 Å². The minimum absolute atomic E-state index is 0.0200. The monoisotopic (exact) mass is 466 g/mol. The third-order valence-electron chi connectivity index (χ3n) is 9.79. The summed E-state index contributed by atoms with van der Waals surface area (Å²) < 4.78 is 5.48. The van der Waals surface area contributed by atoms with E-state index in [-0.39, 0.29) is 11.8 Å². The Bertz CT molecular complexity index is 899. The van der Waals surface area contributed by atoms with Gasteiger partial charge in [0.1, 0.15) is 5.75 Å². The third-order valence-corrected chi connectivity index (χ3v) is 9.79. The maximum atomic E-state index is 11.7. The topological polar surface area (TPSA) is 58.6 Å². The van der Waals surface area contributed by atoms with Gasteiger partial charge in [0.25, 0.3) is 0 Å². The number of ether oxygens (including phenoxy) is 1. The van der Waals surface area contributed by atoms with Gasteiger partial charge in [0, 0.05) is 25.4 Å². The molecule has 1 aliphatic heterocycles. The SMILES string of the molecule is COc1ccc2c(c1)CCC1C2CCC2(C)C(NCCCCCCN3C(=O)CCC3=O)CCC12. The van der Waals surface area contributed by atoms with E-state index in [9.17, 15) is 9.59 Å². The second kappa shape index (κ2) is 10.0. The zero-order chi connectivity index (χ0) is 23.7. The average molecular weight is 467 g/mol. The van der Waals surface area contributed by atoms with E-state index < -0.39 is 0 Å². The van der Waals surface area contributed by atoms with Gasteiger partial charge in [0.05, 0.1) is 7.11 Å². The number of likely N-dealkylation sites (tertiary alicyclic amines) is 1. The fourth-order valence-corrected chi connectivity index (χ4v) is 7.92. The number of carbonyl (C=O) groups excluding carboxylic acids is 2. The predicted molar refractivity (Wildman–Crippen MR) is 134 cm³/mol. The molecule has 1 saturated heterocycles. The first-order chi connectivity index (χ1) is 16.5. The second-order valence-corrected chi connectivity index (χ2v) is 11.5. The first-order valence-electron chi connectivity index (χ1n) is 13.7. The Morgan fingerprint density at radius 2 is 1.79 bits per heavy atom. The van der Waals surface area contributed by atoms with Gasteiger partial charge in [-0.15, -0.1) is 0 Å². The van der Waals surface area contributed by atoms with Crippen LogP contribution in [0.4, 0.5) is 0 Å². The van der Waals surface area contributed by atoms with Crippen molar-refractivity contribution < 1.29 is 14.3 Å². The third kappa shape index (κ3) is 4.41. The number of unbranched alkanes of at least 4 members (excludes halogenated alkanes) is 3. The van der Waals surface area contributed by atoms with Gasteiger partial charge >= 0.3 is 0 Å². The maximum absolute atomic E-state index is 11.7. The Morgan fingerprint density at radius 3 is 2.59 bits per heavy atom. The molecule has 0 aromatic heterocycles. The number of hydrogen-bond acceptors (Lipinski definition) is 4. The van der Waals surface area contributed by atoms with E-state index in [1.165, 1.54) is 61.8 Å². The van der Waals surface area contributed by atoms with Gasteiger partial charge in [-0.25, -0.2) is 0 Å². The minimum Gasteiger partial charge on any atom is -0.497 e. The van der Waals surface area contributed by atoms with Crippen molar-refractivity contribution in [1.82, 2.24) is 10.2 Å². The van der Waals surface area contributed by atoms with Crippen LogP contribution < -0.4 is 10.1 Å². The largest absolute Gasteiger partial charge is 0.497 e. The molecule has 186 valence electrons. The van der Waals surface area contributed by atoms with Crippen molar-refractivity contribution in [1.29, 1.82) is 0 Å². The summed E-state index contributed by atoms with van der Waals surface area (Å²) in [5, 5.41) is 3.96. The Hall–Kier alpha value is -1.88. The Labute approximate surface area is 205 Å². The molecule has 1 aromatic rings. The Morgan fingerprint density at radius 1 is 1.00 bits per heavy atom. The number of nitrogens with one attached hydrogen (secondary N) is 1. The van der Waals surface area contributed by atoms with Gasteiger partial charge in [-0.2, -0.15) is 0 Å². The van der Waals surface area contributed by atoms with Crippen molar-refractivity contribution in [2.75, 3.05) is 20.2 Å². The van der Waals surface area contributed by atoms with Crippen molar-refractivity contribution in [3.63, 3.8) is 0 Å². The van der Waals surface area contributed by atoms with Gasteiger partial charge in [0.2, 0.25) is 11.8 Å². The van der Waals surface area contributed by atoms with Crippen molar-refractivity contribution in [2.45, 2.75) is 95.9 Å². The Kier molecular flexibility index (Phi) is 7.02. The molecule has 1 heterocycles. The lowest BCUT2D eigenvalue weighted by Gasteiger charge is -2.51. The summed E-state index contributed by atoms with van der Waals surface area (Å²) in [6.07, 6.45) is 13.1. The van der Waals surface area contributed by atoms with E-state index in [4.69, 9.17) is 4.74 Å². The van der Waals surface area contributed by atoms with Gasteiger partial charge in [-0.05, 0) is 104 Å². The summed E-state index contributed by atoms with van der Waals surface area (Å²) in [6, 6.07) is 7.44.